The Balaban J connectivity index is 1.97. The molecule has 2 amide bonds. The number of hydrogen-bond donors (Lipinski definition) is 3. The minimum atomic E-state index is -0.789. The zero-order valence-corrected chi connectivity index (χ0v) is 14.5. The fraction of sp³-hybridized carbons (Fsp3) is 0.118. The predicted molar refractivity (Wildman–Crippen MR) is 96.3 cm³/mol. The van der Waals surface area contributed by atoms with Crippen molar-refractivity contribution in [1.29, 1.82) is 0 Å². The number of nitrogens with one attached hydrogen (secondary N) is 1. The van der Waals surface area contributed by atoms with Crippen LogP contribution in [0.1, 0.15) is 20.7 Å². The van der Waals surface area contributed by atoms with E-state index in [0.29, 0.717) is 11.3 Å². The number of esters is 1. The molecule has 0 heterocycles. The van der Waals surface area contributed by atoms with Gasteiger partial charge < -0.3 is 26.3 Å². The van der Waals surface area contributed by atoms with Gasteiger partial charge in [0.25, 0.3) is 5.91 Å². The smallest absolute Gasteiger partial charge is 0.342 e. The van der Waals surface area contributed by atoms with Gasteiger partial charge in [-0.05, 0) is 30.3 Å². The first-order valence-electron chi connectivity index (χ1n) is 7.31. The summed E-state index contributed by atoms with van der Waals surface area (Å²) in [6.07, 6.45) is 0. The number of rotatable bonds is 6. The van der Waals surface area contributed by atoms with Crippen molar-refractivity contribution in [2.75, 3.05) is 24.8 Å². The van der Waals surface area contributed by atoms with E-state index < -0.39 is 24.4 Å². The van der Waals surface area contributed by atoms with Crippen molar-refractivity contribution in [1.82, 2.24) is 0 Å². The SMILES string of the molecule is COc1cc(N)c(Cl)cc1C(=O)OCC(=O)Nc1ccc(C(N)=O)cc1. The fourth-order valence-corrected chi connectivity index (χ4v) is 2.18. The molecule has 136 valence electrons. The van der Waals surface area contributed by atoms with Crippen LogP contribution in [0.4, 0.5) is 11.4 Å². The summed E-state index contributed by atoms with van der Waals surface area (Å²) in [4.78, 5) is 35.0. The van der Waals surface area contributed by atoms with Gasteiger partial charge in [0.15, 0.2) is 6.61 Å². The number of anilines is 2. The molecule has 0 aliphatic carbocycles. The van der Waals surface area contributed by atoms with E-state index in [1.165, 1.54) is 43.5 Å². The Morgan fingerprint density at radius 2 is 1.81 bits per heavy atom. The largest absolute Gasteiger partial charge is 0.496 e. The molecule has 8 nitrogen and oxygen atoms in total. The molecule has 0 atom stereocenters. The van der Waals surface area contributed by atoms with Crippen molar-refractivity contribution < 1.29 is 23.9 Å². The van der Waals surface area contributed by atoms with Crippen molar-refractivity contribution >= 4 is 40.8 Å². The van der Waals surface area contributed by atoms with E-state index in [-0.39, 0.29) is 22.0 Å². The highest BCUT2D eigenvalue weighted by Crippen LogP contribution is 2.29. The number of halogens is 1. The first-order chi connectivity index (χ1) is 12.3. The van der Waals surface area contributed by atoms with Gasteiger partial charge in [0.05, 0.1) is 17.8 Å². The summed E-state index contributed by atoms with van der Waals surface area (Å²) in [5.41, 5.74) is 11.8. The van der Waals surface area contributed by atoms with E-state index in [1.807, 2.05) is 0 Å². The molecule has 5 N–H and O–H groups in total. The molecule has 26 heavy (non-hydrogen) atoms. The van der Waals surface area contributed by atoms with Crippen LogP contribution in [0.5, 0.6) is 5.75 Å². The van der Waals surface area contributed by atoms with Gasteiger partial charge in [0.2, 0.25) is 5.91 Å². The van der Waals surface area contributed by atoms with Gasteiger partial charge in [-0.2, -0.15) is 0 Å². The van der Waals surface area contributed by atoms with E-state index in [4.69, 9.17) is 32.5 Å². The van der Waals surface area contributed by atoms with Crippen LogP contribution in [0.2, 0.25) is 5.02 Å². The molecule has 9 heteroatoms. The standard InChI is InChI=1S/C17H16ClN3O5/c1-25-14-7-13(19)12(18)6-11(14)17(24)26-8-15(22)21-10-4-2-9(3-5-10)16(20)23/h2-7H,8,19H2,1H3,(H2,20,23)(H,21,22). The van der Waals surface area contributed by atoms with E-state index in [1.54, 1.807) is 0 Å². The first-order valence-corrected chi connectivity index (χ1v) is 7.69. The van der Waals surface area contributed by atoms with Gasteiger partial charge in [0, 0.05) is 17.3 Å². The van der Waals surface area contributed by atoms with Gasteiger partial charge in [-0.15, -0.1) is 0 Å². The average Bonchev–Trinajstić information content (AvgIpc) is 2.62. The van der Waals surface area contributed by atoms with Gasteiger partial charge >= 0.3 is 5.97 Å². The van der Waals surface area contributed by atoms with E-state index in [0.717, 1.165) is 0 Å². The molecule has 2 aromatic rings. The number of amides is 2. The molecule has 0 saturated carbocycles. The number of nitrogens with two attached hydrogens (primary N) is 2. The zero-order chi connectivity index (χ0) is 19.3. The lowest BCUT2D eigenvalue weighted by Crippen LogP contribution is -2.21. The Labute approximate surface area is 154 Å². The molecule has 0 saturated heterocycles. The summed E-state index contributed by atoms with van der Waals surface area (Å²) in [6, 6.07) is 8.62. The number of methoxy groups -OCH3 is 1. The maximum Gasteiger partial charge on any atom is 0.342 e. The molecule has 0 unspecified atom stereocenters. The maximum absolute atomic E-state index is 12.1. The number of hydrogen-bond acceptors (Lipinski definition) is 6. The Kier molecular flexibility index (Phi) is 6.03. The zero-order valence-electron chi connectivity index (χ0n) is 13.7. The predicted octanol–water partition coefficient (Wildman–Crippen LogP) is 1.83. The number of carbonyl (C=O) groups is 3. The number of primary amides is 1. The molecular weight excluding hydrogens is 362 g/mol. The molecule has 2 aromatic carbocycles. The van der Waals surface area contributed by atoms with Gasteiger partial charge in [0.1, 0.15) is 11.3 Å². The number of benzene rings is 2. The van der Waals surface area contributed by atoms with E-state index in [9.17, 15) is 14.4 Å². The fourth-order valence-electron chi connectivity index (χ4n) is 2.02. The van der Waals surface area contributed by atoms with Crippen molar-refractivity contribution in [3.8, 4) is 5.75 Å². The quantitative estimate of drug-likeness (QED) is 0.519. The lowest BCUT2D eigenvalue weighted by atomic mass is 10.2. The van der Waals surface area contributed by atoms with Gasteiger partial charge in [-0.1, -0.05) is 11.6 Å². The number of ether oxygens (including phenoxy) is 2. The van der Waals surface area contributed by atoms with Crippen molar-refractivity contribution in [3.63, 3.8) is 0 Å². The highest BCUT2D eigenvalue weighted by molar-refractivity contribution is 6.33. The molecular formula is C17H16ClN3O5. The Morgan fingerprint density at radius 3 is 2.38 bits per heavy atom. The monoisotopic (exact) mass is 377 g/mol. The van der Waals surface area contributed by atoms with Gasteiger partial charge in [-0.3, -0.25) is 9.59 Å². The van der Waals surface area contributed by atoms with Gasteiger partial charge in [-0.25, -0.2) is 4.79 Å². The van der Waals surface area contributed by atoms with E-state index >= 15 is 0 Å². The highest BCUT2D eigenvalue weighted by Gasteiger charge is 2.17. The Hall–Kier alpha value is -3.26. The summed E-state index contributed by atoms with van der Waals surface area (Å²) in [5, 5.41) is 2.68. The normalized spacial score (nSPS) is 10.1. The van der Waals surface area contributed by atoms with Crippen LogP contribution in [0.15, 0.2) is 36.4 Å². The summed E-state index contributed by atoms with van der Waals surface area (Å²) in [7, 11) is 1.36. The number of carbonyl (C=O) groups excluding carboxylic acids is 3. The summed E-state index contributed by atoms with van der Waals surface area (Å²) >= 11 is 5.89. The first kappa shape index (κ1) is 19.1. The average molecular weight is 378 g/mol. The van der Waals surface area contributed by atoms with Crippen LogP contribution in [0.25, 0.3) is 0 Å². The minimum Gasteiger partial charge on any atom is -0.496 e. The maximum atomic E-state index is 12.1. The van der Waals surface area contributed by atoms with Crippen LogP contribution in [0, 0.1) is 0 Å². The van der Waals surface area contributed by atoms with Crippen molar-refractivity contribution in [2.45, 2.75) is 0 Å². The third-order valence-electron chi connectivity index (χ3n) is 3.33. The summed E-state index contributed by atoms with van der Waals surface area (Å²) < 4.78 is 10.0. The molecule has 0 fully saturated rings. The molecule has 0 spiro atoms. The molecule has 0 radical (unpaired) electrons. The number of nitrogen functional groups attached to an aromatic ring is 1. The van der Waals surface area contributed by atoms with Crippen LogP contribution < -0.4 is 21.5 Å². The highest BCUT2D eigenvalue weighted by atomic mass is 35.5. The van der Waals surface area contributed by atoms with Crippen LogP contribution >= 0.6 is 11.6 Å². The Bertz CT molecular complexity index is 852. The lowest BCUT2D eigenvalue weighted by molar-refractivity contribution is -0.119. The third-order valence-corrected chi connectivity index (χ3v) is 3.65. The summed E-state index contributed by atoms with van der Waals surface area (Å²) in [5.74, 6) is -1.75. The molecule has 0 bridgehead atoms. The van der Waals surface area contributed by atoms with Crippen molar-refractivity contribution in [3.05, 3.63) is 52.5 Å². The third kappa shape index (κ3) is 4.64. The molecule has 0 aliphatic heterocycles. The second-order valence-electron chi connectivity index (χ2n) is 5.14. The van der Waals surface area contributed by atoms with Crippen LogP contribution in [-0.4, -0.2) is 31.5 Å². The summed E-state index contributed by atoms with van der Waals surface area (Å²) in [6.45, 7) is -0.526. The second-order valence-corrected chi connectivity index (χ2v) is 5.55. The van der Waals surface area contributed by atoms with E-state index in [2.05, 4.69) is 5.32 Å². The Morgan fingerprint density at radius 1 is 1.15 bits per heavy atom. The van der Waals surface area contributed by atoms with Crippen molar-refractivity contribution in [2.24, 2.45) is 5.73 Å². The van der Waals surface area contributed by atoms with Crippen LogP contribution in [0.3, 0.4) is 0 Å². The minimum absolute atomic E-state index is 0.0466. The lowest BCUT2D eigenvalue weighted by Gasteiger charge is -2.11. The second kappa shape index (κ2) is 8.21. The topological polar surface area (TPSA) is 134 Å². The molecule has 2 rings (SSSR count). The molecule has 0 aromatic heterocycles. The molecule has 0 aliphatic rings. The van der Waals surface area contributed by atoms with Crippen LogP contribution in [-0.2, 0) is 9.53 Å².